The molecule has 0 saturated heterocycles. The van der Waals surface area contributed by atoms with Gasteiger partial charge in [-0.3, -0.25) is 13.9 Å². The zero-order valence-electron chi connectivity index (χ0n) is 20.4. The standard InChI is InChI=1S/C31H23N3O2S/c1-20-9-6-13-23(17-20)33-29-28(30(35)34(31(33)37)24-14-7-10-21(2)18-24)25(27-15-8-16-36-27)19-26(32-29)22-11-4-3-5-12-22/h3-19H,1-2H3. The van der Waals surface area contributed by atoms with E-state index in [1.807, 2.05) is 115 Å². The van der Waals surface area contributed by atoms with Crippen LogP contribution in [0.5, 0.6) is 0 Å². The van der Waals surface area contributed by atoms with Crippen LogP contribution in [0.15, 0.2) is 113 Å². The van der Waals surface area contributed by atoms with Crippen molar-refractivity contribution in [2.75, 3.05) is 0 Å². The molecule has 0 spiro atoms. The molecule has 5 nitrogen and oxygen atoms in total. The highest BCUT2D eigenvalue weighted by atomic mass is 32.1. The lowest BCUT2D eigenvalue weighted by Crippen LogP contribution is -2.25. The van der Waals surface area contributed by atoms with Gasteiger partial charge < -0.3 is 4.42 Å². The van der Waals surface area contributed by atoms with E-state index >= 15 is 0 Å². The fraction of sp³-hybridized carbons (Fsp3) is 0.0645. The summed E-state index contributed by atoms with van der Waals surface area (Å²) in [4.78, 5) is 19.3. The number of fused-ring (bicyclic) bond motifs is 1. The minimum absolute atomic E-state index is 0.243. The molecule has 0 aliphatic rings. The number of aryl methyl sites for hydroxylation is 2. The number of hydrogen-bond acceptors (Lipinski definition) is 4. The highest BCUT2D eigenvalue weighted by molar-refractivity contribution is 7.71. The zero-order valence-corrected chi connectivity index (χ0v) is 21.2. The van der Waals surface area contributed by atoms with E-state index in [2.05, 4.69) is 0 Å². The highest BCUT2D eigenvalue weighted by Crippen LogP contribution is 2.32. The molecule has 0 radical (unpaired) electrons. The molecular formula is C31H23N3O2S. The maximum absolute atomic E-state index is 14.3. The van der Waals surface area contributed by atoms with Crippen LogP contribution in [-0.4, -0.2) is 14.1 Å². The smallest absolute Gasteiger partial charge is 0.269 e. The molecule has 0 amide bonds. The largest absolute Gasteiger partial charge is 0.464 e. The molecule has 0 aliphatic carbocycles. The van der Waals surface area contributed by atoms with Crippen LogP contribution < -0.4 is 5.56 Å². The summed E-state index contributed by atoms with van der Waals surface area (Å²) in [7, 11) is 0. The van der Waals surface area contributed by atoms with E-state index in [1.54, 1.807) is 10.8 Å². The second-order valence-corrected chi connectivity index (χ2v) is 9.40. The Bertz CT molecular complexity index is 1880. The van der Waals surface area contributed by atoms with Crippen molar-refractivity contribution in [1.82, 2.24) is 14.1 Å². The SMILES string of the molecule is Cc1cccc(-n2c(=O)c3c(-c4ccco4)cc(-c4ccccc4)nc3n(-c3cccc(C)c3)c2=S)c1. The van der Waals surface area contributed by atoms with Gasteiger partial charge in [-0.1, -0.05) is 54.6 Å². The van der Waals surface area contributed by atoms with Gasteiger partial charge in [0, 0.05) is 11.1 Å². The van der Waals surface area contributed by atoms with Crippen LogP contribution in [0, 0.1) is 18.6 Å². The Morgan fingerprint density at radius 3 is 2.05 bits per heavy atom. The van der Waals surface area contributed by atoms with Crippen LogP contribution in [0.2, 0.25) is 0 Å². The molecule has 0 bridgehead atoms. The summed E-state index contributed by atoms with van der Waals surface area (Å²) in [5.41, 5.74) is 6.21. The molecule has 0 atom stereocenters. The van der Waals surface area contributed by atoms with Crippen molar-refractivity contribution in [2.45, 2.75) is 13.8 Å². The molecule has 0 fully saturated rings. The lowest BCUT2D eigenvalue weighted by molar-refractivity contribution is 0.583. The van der Waals surface area contributed by atoms with Crippen LogP contribution >= 0.6 is 12.2 Å². The van der Waals surface area contributed by atoms with Gasteiger partial charge in [-0.2, -0.15) is 0 Å². The Balaban J connectivity index is 1.84. The van der Waals surface area contributed by atoms with Crippen LogP contribution in [0.25, 0.3) is 45.0 Å². The van der Waals surface area contributed by atoms with Crippen molar-refractivity contribution in [2.24, 2.45) is 0 Å². The lowest BCUT2D eigenvalue weighted by Gasteiger charge is -2.18. The normalized spacial score (nSPS) is 11.2. The van der Waals surface area contributed by atoms with Crippen molar-refractivity contribution >= 4 is 23.3 Å². The molecule has 6 aromatic rings. The summed E-state index contributed by atoms with van der Waals surface area (Å²) < 4.78 is 9.64. The molecule has 0 aliphatic heterocycles. The molecule has 37 heavy (non-hydrogen) atoms. The van der Waals surface area contributed by atoms with Gasteiger partial charge in [0.25, 0.3) is 5.56 Å². The van der Waals surface area contributed by atoms with E-state index in [9.17, 15) is 4.79 Å². The second-order valence-electron chi connectivity index (χ2n) is 9.03. The summed E-state index contributed by atoms with van der Waals surface area (Å²) in [6.45, 7) is 4.03. The predicted molar refractivity (Wildman–Crippen MR) is 150 cm³/mol. The Hall–Kier alpha value is -4.55. The molecule has 6 heteroatoms. The van der Waals surface area contributed by atoms with Crippen molar-refractivity contribution in [3.8, 4) is 34.0 Å². The van der Waals surface area contributed by atoms with Gasteiger partial charge in [0.05, 0.1) is 28.7 Å². The predicted octanol–water partition coefficient (Wildman–Crippen LogP) is 7.45. The quantitative estimate of drug-likeness (QED) is 0.235. The summed E-state index contributed by atoms with van der Waals surface area (Å²) in [5, 5.41) is 0.436. The van der Waals surface area contributed by atoms with Gasteiger partial charge in [0.1, 0.15) is 5.76 Å². The second kappa shape index (κ2) is 9.15. The summed E-state index contributed by atoms with van der Waals surface area (Å²) in [5.74, 6) is 0.588. The molecule has 3 aromatic carbocycles. The van der Waals surface area contributed by atoms with E-state index in [0.717, 1.165) is 28.1 Å². The van der Waals surface area contributed by atoms with Crippen molar-refractivity contribution in [3.63, 3.8) is 0 Å². The van der Waals surface area contributed by atoms with E-state index in [1.165, 1.54) is 0 Å². The van der Waals surface area contributed by atoms with E-state index in [0.29, 0.717) is 32.8 Å². The van der Waals surface area contributed by atoms with Gasteiger partial charge in [-0.05, 0) is 79.7 Å². The summed E-state index contributed by atoms with van der Waals surface area (Å²) in [6, 6.07) is 31.3. The monoisotopic (exact) mass is 501 g/mol. The number of benzene rings is 3. The van der Waals surface area contributed by atoms with E-state index in [4.69, 9.17) is 21.6 Å². The number of furan rings is 1. The fourth-order valence-corrected chi connectivity index (χ4v) is 5.05. The van der Waals surface area contributed by atoms with Gasteiger partial charge in [0.2, 0.25) is 0 Å². The average molecular weight is 502 g/mol. The summed E-state index contributed by atoms with van der Waals surface area (Å²) in [6.07, 6.45) is 1.61. The first-order valence-corrected chi connectivity index (χ1v) is 12.4. The van der Waals surface area contributed by atoms with Crippen LogP contribution in [-0.2, 0) is 0 Å². The summed E-state index contributed by atoms with van der Waals surface area (Å²) >= 11 is 6.02. The average Bonchev–Trinajstić information content (AvgIpc) is 3.44. The number of rotatable bonds is 4. The first kappa shape index (κ1) is 22.9. The Kier molecular flexibility index (Phi) is 5.66. The third-order valence-corrected chi connectivity index (χ3v) is 6.75. The maximum atomic E-state index is 14.3. The van der Waals surface area contributed by atoms with Gasteiger partial charge >= 0.3 is 0 Å². The molecule has 6 rings (SSSR count). The lowest BCUT2D eigenvalue weighted by atomic mass is 10.0. The van der Waals surface area contributed by atoms with Crippen LogP contribution in [0.4, 0.5) is 0 Å². The van der Waals surface area contributed by atoms with Crippen molar-refractivity contribution in [1.29, 1.82) is 0 Å². The van der Waals surface area contributed by atoms with Crippen molar-refractivity contribution < 1.29 is 4.42 Å². The van der Waals surface area contributed by atoms with Gasteiger partial charge in [-0.25, -0.2) is 4.98 Å². The first-order chi connectivity index (χ1) is 18.0. The molecule has 0 N–H and O–H groups in total. The van der Waals surface area contributed by atoms with Gasteiger partial charge in [0.15, 0.2) is 10.4 Å². The number of pyridine rings is 1. The highest BCUT2D eigenvalue weighted by Gasteiger charge is 2.21. The third kappa shape index (κ3) is 4.01. The third-order valence-electron chi connectivity index (χ3n) is 6.39. The molecule has 0 saturated carbocycles. The number of aromatic nitrogens is 3. The Morgan fingerprint density at radius 1 is 0.757 bits per heavy atom. The molecule has 3 heterocycles. The van der Waals surface area contributed by atoms with Crippen LogP contribution in [0.1, 0.15) is 11.1 Å². The molecule has 180 valence electrons. The fourth-order valence-electron chi connectivity index (χ4n) is 4.67. The van der Waals surface area contributed by atoms with Gasteiger partial charge in [-0.15, -0.1) is 0 Å². The topological polar surface area (TPSA) is 53.0 Å². The molecule has 0 unspecified atom stereocenters. The number of nitrogens with zero attached hydrogens (tertiary/aromatic N) is 3. The van der Waals surface area contributed by atoms with Crippen LogP contribution in [0.3, 0.4) is 0 Å². The Morgan fingerprint density at radius 2 is 1.43 bits per heavy atom. The zero-order chi connectivity index (χ0) is 25.5. The minimum atomic E-state index is -0.243. The molecular weight excluding hydrogens is 478 g/mol. The first-order valence-electron chi connectivity index (χ1n) is 12.0. The molecule has 3 aromatic heterocycles. The van der Waals surface area contributed by atoms with E-state index in [-0.39, 0.29) is 5.56 Å². The Labute approximate surface area is 218 Å². The number of hydrogen-bond donors (Lipinski definition) is 0. The van der Waals surface area contributed by atoms with Crippen molar-refractivity contribution in [3.05, 3.63) is 130 Å². The maximum Gasteiger partial charge on any atom is 0.269 e. The van der Waals surface area contributed by atoms with E-state index < -0.39 is 0 Å². The minimum Gasteiger partial charge on any atom is -0.464 e.